The van der Waals surface area contributed by atoms with Crippen molar-refractivity contribution >= 4 is 5.91 Å². The van der Waals surface area contributed by atoms with Gasteiger partial charge in [0.15, 0.2) is 0 Å². The van der Waals surface area contributed by atoms with E-state index in [0.717, 1.165) is 44.1 Å². The van der Waals surface area contributed by atoms with Crippen molar-refractivity contribution in [2.45, 2.75) is 45.4 Å². The fourth-order valence-corrected chi connectivity index (χ4v) is 3.96. The summed E-state index contributed by atoms with van der Waals surface area (Å²) in [5.41, 5.74) is 4.11. The standard InChI is InChI=1S/C18H28N2O/c1-3-4-14-5-6-15-12-17(13-16(15)11-14)18(21)20-9-7-19(2)8-10-20/h13-14H,3-12H2,1-2H3. The molecule has 1 unspecified atom stereocenters. The average molecular weight is 288 g/mol. The van der Waals surface area contributed by atoms with Crippen molar-refractivity contribution < 1.29 is 4.79 Å². The number of hydrogen-bond acceptors (Lipinski definition) is 2. The number of carbonyl (C=O) groups excluding carboxylic acids is 1. The van der Waals surface area contributed by atoms with Gasteiger partial charge in [-0.05, 0) is 44.2 Å². The third-order valence-corrected chi connectivity index (χ3v) is 5.33. The Kier molecular flexibility index (Phi) is 4.48. The first-order chi connectivity index (χ1) is 10.2. The summed E-state index contributed by atoms with van der Waals surface area (Å²) in [7, 11) is 2.13. The van der Waals surface area contributed by atoms with Gasteiger partial charge in [0, 0.05) is 31.8 Å². The van der Waals surface area contributed by atoms with Crippen molar-refractivity contribution in [2.24, 2.45) is 5.92 Å². The van der Waals surface area contributed by atoms with E-state index in [4.69, 9.17) is 0 Å². The molecule has 0 spiro atoms. The minimum atomic E-state index is 0.296. The number of allylic oxidation sites excluding steroid dienone is 3. The zero-order valence-electron chi connectivity index (χ0n) is 13.5. The van der Waals surface area contributed by atoms with E-state index < -0.39 is 0 Å². The highest BCUT2D eigenvalue weighted by Gasteiger charge is 2.29. The van der Waals surface area contributed by atoms with E-state index in [1.54, 1.807) is 5.57 Å². The van der Waals surface area contributed by atoms with E-state index in [0.29, 0.717) is 5.91 Å². The van der Waals surface area contributed by atoms with E-state index in [9.17, 15) is 4.79 Å². The van der Waals surface area contributed by atoms with Gasteiger partial charge in [0.2, 0.25) is 5.91 Å². The second-order valence-electron chi connectivity index (χ2n) is 6.97. The molecule has 116 valence electrons. The SMILES string of the molecule is CCCC1CCC2=C(C=C(C(=O)N3CCN(C)CC3)C2)C1. The molecule has 3 nitrogen and oxygen atoms in total. The molecule has 1 heterocycles. The lowest BCUT2D eigenvalue weighted by molar-refractivity contribution is -0.128. The van der Waals surface area contributed by atoms with Crippen LogP contribution >= 0.6 is 0 Å². The fraction of sp³-hybridized carbons (Fsp3) is 0.722. The average Bonchev–Trinajstić information content (AvgIpc) is 2.91. The summed E-state index contributed by atoms with van der Waals surface area (Å²) in [6, 6.07) is 0. The first kappa shape index (κ1) is 14.8. The first-order valence-electron chi connectivity index (χ1n) is 8.56. The van der Waals surface area contributed by atoms with Crippen LogP contribution in [0, 0.1) is 5.92 Å². The van der Waals surface area contributed by atoms with E-state index in [-0.39, 0.29) is 0 Å². The fourth-order valence-electron chi connectivity index (χ4n) is 3.96. The third-order valence-electron chi connectivity index (χ3n) is 5.33. The number of carbonyl (C=O) groups is 1. The van der Waals surface area contributed by atoms with Gasteiger partial charge in [0.25, 0.3) is 0 Å². The summed E-state index contributed by atoms with van der Waals surface area (Å²) in [5.74, 6) is 1.15. The Bertz CT molecular complexity index is 470. The summed E-state index contributed by atoms with van der Waals surface area (Å²) in [4.78, 5) is 17.0. The van der Waals surface area contributed by atoms with Crippen molar-refractivity contribution in [3.05, 3.63) is 22.8 Å². The molecule has 1 aliphatic heterocycles. The Morgan fingerprint density at radius 1 is 1.29 bits per heavy atom. The minimum absolute atomic E-state index is 0.296. The van der Waals surface area contributed by atoms with Crippen LogP contribution in [0.15, 0.2) is 22.8 Å². The minimum Gasteiger partial charge on any atom is -0.336 e. The van der Waals surface area contributed by atoms with Crippen molar-refractivity contribution in [2.75, 3.05) is 33.2 Å². The Labute approximate surface area is 128 Å². The molecule has 0 aromatic carbocycles. The summed E-state index contributed by atoms with van der Waals surface area (Å²) in [6.07, 6.45) is 9.54. The summed E-state index contributed by atoms with van der Waals surface area (Å²) in [6.45, 7) is 6.05. The highest BCUT2D eigenvalue weighted by Crippen LogP contribution is 2.40. The molecule has 0 radical (unpaired) electrons. The molecule has 3 rings (SSSR count). The lowest BCUT2D eigenvalue weighted by Gasteiger charge is -2.32. The van der Waals surface area contributed by atoms with Gasteiger partial charge < -0.3 is 9.80 Å². The number of nitrogens with zero attached hydrogens (tertiary/aromatic N) is 2. The number of likely N-dealkylation sites (N-methyl/N-ethyl adjacent to an activating group) is 1. The van der Waals surface area contributed by atoms with Gasteiger partial charge in [-0.25, -0.2) is 0 Å². The van der Waals surface area contributed by atoms with Crippen LogP contribution in [-0.4, -0.2) is 48.9 Å². The van der Waals surface area contributed by atoms with Crippen LogP contribution < -0.4 is 0 Å². The maximum atomic E-state index is 12.7. The molecule has 21 heavy (non-hydrogen) atoms. The molecular weight excluding hydrogens is 260 g/mol. The van der Waals surface area contributed by atoms with Gasteiger partial charge in [0.05, 0.1) is 0 Å². The number of piperazine rings is 1. The monoisotopic (exact) mass is 288 g/mol. The quantitative estimate of drug-likeness (QED) is 0.797. The number of rotatable bonds is 3. The van der Waals surface area contributed by atoms with Crippen molar-refractivity contribution in [1.29, 1.82) is 0 Å². The van der Waals surface area contributed by atoms with Crippen LogP contribution in [0.2, 0.25) is 0 Å². The van der Waals surface area contributed by atoms with Gasteiger partial charge in [-0.15, -0.1) is 0 Å². The van der Waals surface area contributed by atoms with Crippen molar-refractivity contribution in [3.63, 3.8) is 0 Å². The highest BCUT2D eigenvalue weighted by atomic mass is 16.2. The Morgan fingerprint density at radius 3 is 2.76 bits per heavy atom. The van der Waals surface area contributed by atoms with Crippen LogP contribution in [-0.2, 0) is 4.79 Å². The van der Waals surface area contributed by atoms with Gasteiger partial charge >= 0.3 is 0 Å². The van der Waals surface area contributed by atoms with Gasteiger partial charge in [-0.1, -0.05) is 31.4 Å². The van der Waals surface area contributed by atoms with E-state index in [1.807, 2.05) is 4.90 Å². The largest absolute Gasteiger partial charge is 0.336 e. The molecule has 0 aromatic heterocycles. The summed E-state index contributed by atoms with van der Waals surface area (Å²) >= 11 is 0. The Balaban J connectivity index is 1.61. The molecule has 1 fully saturated rings. The van der Waals surface area contributed by atoms with E-state index >= 15 is 0 Å². The van der Waals surface area contributed by atoms with E-state index in [2.05, 4.69) is 24.9 Å². The third kappa shape index (κ3) is 3.23. The molecule has 0 bridgehead atoms. The zero-order chi connectivity index (χ0) is 14.8. The van der Waals surface area contributed by atoms with Crippen LogP contribution in [0.5, 0.6) is 0 Å². The summed E-state index contributed by atoms with van der Waals surface area (Å²) < 4.78 is 0. The topological polar surface area (TPSA) is 23.6 Å². The smallest absolute Gasteiger partial charge is 0.250 e. The molecule has 1 atom stereocenters. The normalized spacial score (nSPS) is 26.9. The molecule has 1 amide bonds. The van der Waals surface area contributed by atoms with Crippen molar-refractivity contribution in [1.82, 2.24) is 9.80 Å². The van der Waals surface area contributed by atoms with Crippen LogP contribution in [0.1, 0.15) is 45.4 Å². The molecule has 1 saturated heterocycles. The van der Waals surface area contributed by atoms with Crippen LogP contribution in [0.4, 0.5) is 0 Å². The second-order valence-corrected chi connectivity index (χ2v) is 6.97. The van der Waals surface area contributed by atoms with Crippen LogP contribution in [0.3, 0.4) is 0 Å². The maximum absolute atomic E-state index is 12.7. The lowest BCUT2D eigenvalue weighted by Crippen LogP contribution is -2.47. The first-order valence-corrected chi connectivity index (χ1v) is 8.56. The predicted octanol–water partition coefficient (Wildman–Crippen LogP) is 2.99. The Hall–Kier alpha value is -1.09. The summed E-state index contributed by atoms with van der Waals surface area (Å²) in [5, 5.41) is 0. The number of amides is 1. The highest BCUT2D eigenvalue weighted by molar-refractivity contribution is 5.95. The molecule has 0 aromatic rings. The maximum Gasteiger partial charge on any atom is 0.250 e. The predicted molar refractivity (Wildman–Crippen MR) is 86.1 cm³/mol. The van der Waals surface area contributed by atoms with Crippen LogP contribution in [0.25, 0.3) is 0 Å². The molecule has 0 N–H and O–H groups in total. The van der Waals surface area contributed by atoms with Crippen molar-refractivity contribution in [3.8, 4) is 0 Å². The molecule has 2 aliphatic carbocycles. The number of hydrogen-bond donors (Lipinski definition) is 0. The molecule has 3 aliphatic rings. The zero-order valence-corrected chi connectivity index (χ0v) is 13.5. The van der Waals surface area contributed by atoms with E-state index in [1.165, 1.54) is 37.7 Å². The Morgan fingerprint density at radius 2 is 2.05 bits per heavy atom. The second kappa shape index (κ2) is 6.35. The molecule has 3 heteroatoms. The van der Waals surface area contributed by atoms with Gasteiger partial charge in [0.1, 0.15) is 0 Å². The van der Waals surface area contributed by atoms with Gasteiger partial charge in [-0.3, -0.25) is 4.79 Å². The lowest BCUT2D eigenvalue weighted by atomic mass is 9.83. The molecular formula is C18H28N2O. The molecule has 0 saturated carbocycles. The van der Waals surface area contributed by atoms with Gasteiger partial charge in [-0.2, -0.15) is 0 Å².